The van der Waals surface area contributed by atoms with Gasteiger partial charge in [-0.25, -0.2) is 4.57 Å². The van der Waals surface area contributed by atoms with Crippen molar-refractivity contribution in [1.82, 2.24) is 5.32 Å². The van der Waals surface area contributed by atoms with Gasteiger partial charge in [-0.05, 0) is 44.9 Å². The van der Waals surface area contributed by atoms with E-state index in [-0.39, 0.29) is 25.7 Å². The van der Waals surface area contributed by atoms with Crippen LogP contribution < -0.4 is 11.1 Å². The van der Waals surface area contributed by atoms with Gasteiger partial charge in [0.2, 0.25) is 5.91 Å². The first-order valence-corrected chi connectivity index (χ1v) is 20.9. The van der Waals surface area contributed by atoms with Crippen molar-refractivity contribution in [2.45, 2.75) is 193 Å². The molecule has 0 aliphatic heterocycles. The highest BCUT2D eigenvalue weighted by Gasteiger charge is 2.27. The van der Waals surface area contributed by atoms with Gasteiger partial charge in [-0.15, -0.1) is 0 Å². The molecular weight excluding hydrogens is 611 g/mol. The molecule has 0 aliphatic carbocycles. The van der Waals surface area contributed by atoms with Crippen LogP contribution >= 0.6 is 7.82 Å². The van der Waals surface area contributed by atoms with Gasteiger partial charge >= 0.3 is 7.82 Å². The van der Waals surface area contributed by atoms with Gasteiger partial charge in [-0.1, -0.05) is 154 Å². The molecular formula is C38H75N2O6P. The van der Waals surface area contributed by atoms with Crippen LogP contribution in [-0.2, 0) is 18.4 Å². The summed E-state index contributed by atoms with van der Waals surface area (Å²) in [5.41, 5.74) is 5.36. The number of phosphoric acid groups is 1. The van der Waals surface area contributed by atoms with Crippen molar-refractivity contribution in [3.8, 4) is 0 Å². The Balaban J connectivity index is 4.26. The molecule has 0 aromatic rings. The Morgan fingerprint density at radius 1 is 0.702 bits per heavy atom. The van der Waals surface area contributed by atoms with Gasteiger partial charge in [-0.3, -0.25) is 13.8 Å². The maximum absolute atomic E-state index is 12.7. The monoisotopic (exact) mass is 687 g/mol. The molecule has 0 rings (SSSR count). The molecule has 0 fully saturated rings. The highest BCUT2D eigenvalue weighted by atomic mass is 31.2. The van der Waals surface area contributed by atoms with E-state index < -0.39 is 20.0 Å². The normalized spacial score (nSPS) is 14.6. The van der Waals surface area contributed by atoms with E-state index in [0.717, 1.165) is 64.2 Å². The summed E-state index contributed by atoms with van der Waals surface area (Å²) in [6.07, 6.45) is 37.5. The molecule has 0 aliphatic rings. The Morgan fingerprint density at radius 3 is 1.72 bits per heavy atom. The zero-order valence-electron chi connectivity index (χ0n) is 30.5. The number of hydrogen-bond donors (Lipinski definition) is 4. The molecule has 8 nitrogen and oxygen atoms in total. The number of carbonyl (C=O) groups is 1. The molecule has 0 aromatic carbocycles. The number of phosphoric ester groups is 1. The van der Waals surface area contributed by atoms with Crippen LogP contribution in [0.4, 0.5) is 0 Å². The molecule has 0 heterocycles. The van der Waals surface area contributed by atoms with Gasteiger partial charge in [0, 0.05) is 13.0 Å². The van der Waals surface area contributed by atoms with Crippen LogP contribution in [0.25, 0.3) is 0 Å². The fraction of sp³-hybridized carbons (Fsp3) is 0.868. The molecule has 0 aromatic heterocycles. The quantitative estimate of drug-likeness (QED) is 0.0293. The zero-order valence-corrected chi connectivity index (χ0v) is 31.4. The minimum Gasteiger partial charge on any atom is -0.391 e. The summed E-state index contributed by atoms with van der Waals surface area (Å²) in [5, 5.41) is 13.7. The number of amides is 1. The molecule has 0 spiro atoms. The van der Waals surface area contributed by atoms with Crippen LogP contribution in [0.3, 0.4) is 0 Å². The molecule has 278 valence electrons. The number of nitrogens with two attached hydrogens (primary N) is 1. The van der Waals surface area contributed by atoms with Crippen LogP contribution in [0.2, 0.25) is 0 Å². The summed E-state index contributed by atoms with van der Waals surface area (Å²) in [7, 11) is -4.31. The SMILES string of the molecule is CCCCC/C=C\C/C=C\CCCCCCCC(=O)NC(COP(=O)(O)OCCN)C(O)CCCCCCCCCCCCCCC. The Morgan fingerprint density at radius 2 is 1.17 bits per heavy atom. The number of aliphatic hydroxyl groups is 1. The van der Waals surface area contributed by atoms with E-state index in [4.69, 9.17) is 14.8 Å². The average molecular weight is 687 g/mol. The average Bonchev–Trinajstić information content (AvgIpc) is 3.05. The minimum atomic E-state index is -4.31. The first-order chi connectivity index (χ1) is 22.9. The highest BCUT2D eigenvalue weighted by molar-refractivity contribution is 7.47. The Labute approximate surface area is 289 Å². The van der Waals surface area contributed by atoms with Crippen molar-refractivity contribution >= 4 is 13.7 Å². The fourth-order valence-corrected chi connectivity index (χ4v) is 6.34. The molecule has 47 heavy (non-hydrogen) atoms. The maximum atomic E-state index is 12.7. The summed E-state index contributed by atoms with van der Waals surface area (Å²) in [5.74, 6) is -0.177. The Kier molecular flexibility index (Phi) is 34.1. The molecule has 0 radical (unpaired) electrons. The molecule has 3 unspecified atom stereocenters. The first-order valence-electron chi connectivity index (χ1n) is 19.5. The lowest BCUT2D eigenvalue weighted by molar-refractivity contribution is -0.123. The highest BCUT2D eigenvalue weighted by Crippen LogP contribution is 2.43. The number of allylic oxidation sites excluding steroid dienone is 4. The number of unbranched alkanes of at least 4 members (excludes halogenated alkanes) is 20. The van der Waals surface area contributed by atoms with E-state index in [9.17, 15) is 19.4 Å². The van der Waals surface area contributed by atoms with Crippen molar-refractivity contribution in [2.24, 2.45) is 5.73 Å². The molecule has 0 saturated heterocycles. The minimum absolute atomic E-state index is 0.0866. The lowest BCUT2D eigenvalue weighted by Crippen LogP contribution is -2.46. The second-order valence-electron chi connectivity index (χ2n) is 13.1. The third kappa shape index (κ3) is 33.3. The smallest absolute Gasteiger partial charge is 0.391 e. The maximum Gasteiger partial charge on any atom is 0.472 e. The number of aliphatic hydroxyl groups excluding tert-OH is 1. The number of nitrogens with one attached hydrogen (secondary N) is 1. The Hall–Kier alpha value is -1.02. The van der Waals surface area contributed by atoms with E-state index in [1.54, 1.807) is 0 Å². The number of hydrogen-bond acceptors (Lipinski definition) is 6. The second-order valence-corrected chi connectivity index (χ2v) is 14.6. The topological polar surface area (TPSA) is 131 Å². The lowest BCUT2D eigenvalue weighted by Gasteiger charge is -2.25. The van der Waals surface area contributed by atoms with E-state index in [1.807, 2.05) is 0 Å². The van der Waals surface area contributed by atoms with E-state index in [1.165, 1.54) is 89.9 Å². The standard InChI is InChI=1S/C38H75N2O6P/c1-3-5-7-9-11-13-15-17-18-20-22-24-26-28-30-32-38(42)40-36(35-46-47(43,44)45-34-33-39)37(41)31-29-27-25-23-21-19-16-14-12-10-8-6-4-2/h11,13,17-18,36-37,41H,3-10,12,14-16,19-35,39H2,1-2H3,(H,40,42)(H,43,44)/b13-11-,18-17-. The molecule has 5 N–H and O–H groups in total. The predicted molar refractivity (Wildman–Crippen MR) is 198 cm³/mol. The fourth-order valence-electron chi connectivity index (χ4n) is 5.58. The van der Waals surface area contributed by atoms with Crippen molar-refractivity contribution < 1.29 is 28.4 Å². The molecule has 0 saturated carbocycles. The molecule has 0 bridgehead atoms. The Bertz CT molecular complexity index is 794. The van der Waals surface area contributed by atoms with Gasteiger partial charge < -0.3 is 21.1 Å². The van der Waals surface area contributed by atoms with Crippen molar-refractivity contribution in [1.29, 1.82) is 0 Å². The van der Waals surface area contributed by atoms with Crippen LogP contribution in [0.1, 0.15) is 181 Å². The third-order valence-corrected chi connectivity index (χ3v) is 9.54. The predicted octanol–water partition coefficient (Wildman–Crippen LogP) is 10.2. The summed E-state index contributed by atoms with van der Waals surface area (Å²) in [4.78, 5) is 22.6. The summed E-state index contributed by atoms with van der Waals surface area (Å²) >= 11 is 0. The van der Waals surface area contributed by atoms with Crippen LogP contribution in [0, 0.1) is 0 Å². The van der Waals surface area contributed by atoms with Gasteiger partial charge in [0.1, 0.15) is 0 Å². The lowest BCUT2D eigenvalue weighted by atomic mass is 10.0. The van der Waals surface area contributed by atoms with Crippen molar-refractivity contribution in [3.63, 3.8) is 0 Å². The van der Waals surface area contributed by atoms with Crippen molar-refractivity contribution in [3.05, 3.63) is 24.3 Å². The number of carbonyl (C=O) groups excluding carboxylic acids is 1. The zero-order chi connectivity index (χ0) is 34.7. The van der Waals surface area contributed by atoms with E-state index in [2.05, 4.69) is 43.5 Å². The van der Waals surface area contributed by atoms with Gasteiger partial charge in [0.05, 0.1) is 25.4 Å². The second kappa shape index (κ2) is 34.8. The summed E-state index contributed by atoms with van der Waals surface area (Å²) in [6, 6.07) is -0.778. The molecule has 3 atom stereocenters. The third-order valence-electron chi connectivity index (χ3n) is 8.56. The van der Waals surface area contributed by atoms with Gasteiger partial charge in [-0.2, -0.15) is 0 Å². The van der Waals surface area contributed by atoms with Gasteiger partial charge in [0.15, 0.2) is 0 Å². The summed E-state index contributed by atoms with van der Waals surface area (Å²) in [6.45, 7) is 4.16. The largest absolute Gasteiger partial charge is 0.472 e. The van der Waals surface area contributed by atoms with Crippen LogP contribution in [0.15, 0.2) is 24.3 Å². The summed E-state index contributed by atoms with van der Waals surface area (Å²) < 4.78 is 22.1. The van der Waals surface area contributed by atoms with Crippen LogP contribution in [0.5, 0.6) is 0 Å². The molecule has 1 amide bonds. The van der Waals surface area contributed by atoms with E-state index >= 15 is 0 Å². The molecule has 9 heteroatoms. The number of rotatable bonds is 36. The van der Waals surface area contributed by atoms with Crippen LogP contribution in [-0.4, -0.2) is 47.8 Å². The first kappa shape index (κ1) is 46.0. The van der Waals surface area contributed by atoms with Gasteiger partial charge in [0.25, 0.3) is 0 Å². The van der Waals surface area contributed by atoms with E-state index in [0.29, 0.717) is 12.8 Å². The van der Waals surface area contributed by atoms with Crippen molar-refractivity contribution in [2.75, 3.05) is 19.8 Å².